The van der Waals surface area contributed by atoms with Crippen molar-refractivity contribution in [1.82, 2.24) is 4.98 Å². The molecule has 2 aromatic rings. The number of nitrogens with one attached hydrogen (secondary N) is 2. The zero-order chi connectivity index (χ0) is 17.5. The predicted octanol–water partition coefficient (Wildman–Crippen LogP) is 4.66. The highest BCUT2D eigenvalue weighted by molar-refractivity contribution is 6.05. The molecule has 0 saturated carbocycles. The van der Waals surface area contributed by atoms with Gasteiger partial charge in [0, 0.05) is 24.0 Å². The molecule has 0 aliphatic carbocycles. The summed E-state index contributed by atoms with van der Waals surface area (Å²) in [6, 6.07) is 9.63. The molecule has 1 heterocycles. The van der Waals surface area contributed by atoms with Crippen LogP contribution in [-0.2, 0) is 6.42 Å². The quantitative estimate of drug-likeness (QED) is 0.778. The van der Waals surface area contributed by atoms with Gasteiger partial charge in [-0.25, -0.2) is 4.98 Å². The van der Waals surface area contributed by atoms with Crippen molar-refractivity contribution in [1.29, 1.82) is 0 Å². The third-order valence-electron chi connectivity index (χ3n) is 4.03. The molecule has 0 atom stereocenters. The molecule has 1 amide bonds. The summed E-state index contributed by atoms with van der Waals surface area (Å²) >= 11 is 0. The number of aryl methyl sites for hydroxylation is 2. The van der Waals surface area contributed by atoms with Crippen LogP contribution in [0.25, 0.3) is 0 Å². The van der Waals surface area contributed by atoms with Crippen molar-refractivity contribution in [2.45, 2.75) is 40.5 Å². The van der Waals surface area contributed by atoms with E-state index in [1.807, 2.05) is 25.1 Å². The fourth-order valence-electron chi connectivity index (χ4n) is 2.55. The second-order valence-electron chi connectivity index (χ2n) is 6.46. The molecule has 2 rings (SSSR count). The van der Waals surface area contributed by atoms with Crippen molar-refractivity contribution in [3.05, 3.63) is 53.2 Å². The number of rotatable bonds is 7. The number of anilines is 2. The Hall–Kier alpha value is -2.36. The number of nitrogens with zero attached hydrogens (tertiary/aromatic N) is 1. The SMILES string of the molecule is CCc1cccc(C)c1NC(=O)c1ccnc(NCCC(C)C)c1. The fraction of sp³-hybridized carbons (Fsp3) is 0.400. The number of pyridine rings is 1. The van der Waals surface area contributed by atoms with Crippen LogP contribution in [0.3, 0.4) is 0 Å². The topological polar surface area (TPSA) is 54.0 Å². The molecule has 1 aromatic heterocycles. The van der Waals surface area contributed by atoms with Crippen LogP contribution in [-0.4, -0.2) is 17.4 Å². The first-order valence-electron chi connectivity index (χ1n) is 8.61. The van der Waals surface area contributed by atoms with Gasteiger partial charge in [-0.3, -0.25) is 4.79 Å². The smallest absolute Gasteiger partial charge is 0.255 e. The number of hydrogen-bond donors (Lipinski definition) is 2. The van der Waals surface area contributed by atoms with E-state index in [-0.39, 0.29) is 5.91 Å². The predicted molar refractivity (Wildman–Crippen MR) is 101 cm³/mol. The summed E-state index contributed by atoms with van der Waals surface area (Å²) in [5.41, 5.74) is 3.75. The van der Waals surface area contributed by atoms with Crippen LogP contribution < -0.4 is 10.6 Å². The van der Waals surface area contributed by atoms with E-state index in [4.69, 9.17) is 0 Å². The average molecular weight is 325 g/mol. The highest BCUT2D eigenvalue weighted by Gasteiger charge is 2.11. The number of carbonyl (C=O) groups excluding carboxylic acids is 1. The molecular weight excluding hydrogens is 298 g/mol. The highest BCUT2D eigenvalue weighted by Crippen LogP contribution is 2.22. The van der Waals surface area contributed by atoms with Gasteiger partial charge in [-0.1, -0.05) is 39.0 Å². The van der Waals surface area contributed by atoms with Gasteiger partial charge in [0.05, 0.1) is 0 Å². The Morgan fingerprint density at radius 3 is 2.75 bits per heavy atom. The monoisotopic (exact) mass is 325 g/mol. The van der Waals surface area contributed by atoms with Crippen LogP contribution in [0.1, 0.15) is 48.7 Å². The minimum atomic E-state index is -0.103. The van der Waals surface area contributed by atoms with Crippen molar-refractivity contribution in [2.75, 3.05) is 17.2 Å². The van der Waals surface area contributed by atoms with Gasteiger partial charge in [0.15, 0.2) is 0 Å². The molecule has 0 fully saturated rings. The summed E-state index contributed by atoms with van der Waals surface area (Å²) in [4.78, 5) is 16.9. The lowest BCUT2D eigenvalue weighted by atomic mass is 10.1. The maximum atomic E-state index is 12.6. The van der Waals surface area contributed by atoms with Crippen LogP contribution in [0.4, 0.5) is 11.5 Å². The van der Waals surface area contributed by atoms with Crippen LogP contribution in [0.2, 0.25) is 0 Å². The van der Waals surface area contributed by atoms with Gasteiger partial charge in [0.1, 0.15) is 5.82 Å². The van der Waals surface area contributed by atoms with E-state index in [1.165, 1.54) is 0 Å². The van der Waals surface area contributed by atoms with Crippen molar-refractivity contribution in [3.8, 4) is 0 Å². The molecule has 0 aliphatic heterocycles. The Labute approximate surface area is 144 Å². The van der Waals surface area contributed by atoms with Crippen molar-refractivity contribution in [3.63, 3.8) is 0 Å². The third-order valence-corrected chi connectivity index (χ3v) is 4.03. The Bertz CT molecular complexity index is 695. The van der Waals surface area contributed by atoms with E-state index in [9.17, 15) is 4.79 Å². The van der Waals surface area contributed by atoms with Gasteiger partial charge in [-0.2, -0.15) is 0 Å². The van der Waals surface area contributed by atoms with Crippen LogP contribution in [0.15, 0.2) is 36.5 Å². The summed E-state index contributed by atoms with van der Waals surface area (Å²) in [6.07, 6.45) is 3.63. The standard InChI is InChI=1S/C20H27N3O/c1-5-16-8-6-7-15(4)19(16)23-20(24)17-10-12-22-18(13-17)21-11-9-14(2)3/h6-8,10,12-14H,5,9,11H2,1-4H3,(H,21,22)(H,23,24). The molecular formula is C20H27N3O. The van der Waals surface area contributed by atoms with Gasteiger partial charge in [-0.15, -0.1) is 0 Å². The van der Waals surface area contributed by atoms with E-state index in [1.54, 1.807) is 18.3 Å². The average Bonchev–Trinajstić information content (AvgIpc) is 2.56. The number of aromatic nitrogens is 1. The Kier molecular flexibility index (Phi) is 6.36. The summed E-state index contributed by atoms with van der Waals surface area (Å²) in [5, 5.41) is 6.33. The lowest BCUT2D eigenvalue weighted by Gasteiger charge is -2.13. The maximum Gasteiger partial charge on any atom is 0.255 e. The van der Waals surface area contributed by atoms with Crippen molar-refractivity contribution >= 4 is 17.4 Å². The van der Waals surface area contributed by atoms with Crippen molar-refractivity contribution in [2.24, 2.45) is 5.92 Å². The second kappa shape index (κ2) is 8.48. The highest BCUT2D eigenvalue weighted by atomic mass is 16.1. The fourth-order valence-corrected chi connectivity index (χ4v) is 2.55. The third kappa shape index (κ3) is 4.82. The number of para-hydroxylation sites is 1. The molecule has 1 aromatic carbocycles. The minimum absolute atomic E-state index is 0.103. The van der Waals surface area contributed by atoms with E-state index >= 15 is 0 Å². The van der Waals surface area contributed by atoms with Crippen molar-refractivity contribution < 1.29 is 4.79 Å². The van der Waals surface area contributed by atoms with Crippen LogP contribution in [0, 0.1) is 12.8 Å². The molecule has 24 heavy (non-hydrogen) atoms. The normalized spacial score (nSPS) is 10.7. The molecule has 128 valence electrons. The van der Waals surface area contributed by atoms with Gasteiger partial charge < -0.3 is 10.6 Å². The number of hydrogen-bond acceptors (Lipinski definition) is 3. The Morgan fingerprint density at radius 2 is 2.04 bits per heavy atom. The molecule has 0 bridgehead atoms. The molecule has 4 heteroatoms. The summed E-state index contributed by atoms with van der Waals surface area (Å²) in [7, 11) is 0. The van der Waals surface area contributed by atoms with E-state index in [0.29, 0.717) is 11.5 Å². The van der Waals surface area contributed by atoms with Crippen LogP contribution >= 0.6 is 0 Å². The number of carbonyl (C=O) groups is 1. The van der Waals surface area contributed by atoms with Gasteiger partial charge in [-0.05, 0) is 48.9 Å². The largest absolute Gasteiger partial charge is 0.370 e. The zero-order valence-corrected chi connectivity index (χ0v) is 15.0. The number of amides is 1. The number of benzene rings is 1. The summed E-state index contributed by atoms with van der Waals surface area (Å²) in [6.45, 7) is 9.33. The van der Waals surface area contributed by atoms with E-state index < -0.39 is 0 Å². The zero-order valence-electron chi connectivity index (χ0n) is 15.0. The molecule has 0 spiro atoms. The lowest BCUT2D eigenvalue weighted by Crippen LogP contribution is -2.15. The van der Waals surface area contributed by atoms with E-state index in [0.717, 1.165) is 42.0 Å². The van der Waals surface area contributed by atoms with Gasteiger partial charge in [0.25, 0.3) is 5.91 Å². The maximum absolute atomic E-state index is 12.6. The van der Waals surface area contributed by atoms with E-state index in [2.05, 4.69) is 36.4 Å². The summed E-state index contributed by atoms with van der Waals surface area (Å²) in [5.74, 6) is 1.27. The molecule has 0 aliphatic rings. The Morgan fingerprint density at radius 1 is 1.25 bits per heavy atom. The first kappa shape index (κ1) is 18.0. The molecule has 4 nitrogen and oxygen atoms in total. The lowest BCUT2D eigenvalue weighted by molar-refractivity contribution is 0.102. The van der Waals surface area contributed by atoms with Gasteiger partial charge in [0.2, 0.25) is 0 Å². The van der Waals surface area contributed by atoms with Gasteiger partial charge >= 0.3 is 0 Å². The summed E-state index contributed by atoms with van der Waals surface area (Å²) < 4.78 is 0. The molecule has 0 radical (unpaired) electrons. The second-order valence-corrected chi connectivity index (χ2v) is 6.46. The molecule has 0 saturated heterocycles. The molecule has 2 N–H and O–H groups in total. The first-order chi connectivity index (χ1) is 11.5. The first-order valence-corrected chi connectivity index (χ1v) is 8.61. The Balaban J connectivity index is 2.10. The molecule has 0 unspecified atom stereocenters. The van der Waals surface area contributed by atoms with Crippen LogP contribution in [0.5, 0.6) is 0 Å². The minimum Gasteiger partial charge on any atom is -0.370 e.